The molecule has 5 heteroatoms. The summed E-state index contributed by atoms with van der Waals surface area (Å²) in [6.45, 7) is 2.82. The van der Waals surface area contributed by atoms with Gasteiger partial charge in [-0.15, -0.1) is 0 Å². The van der Waals surface area contributed by atoms with Crippen LogP contribution in [0.1, 0.15) is 37.1 Å². The van der Waals surface area contributed by atoms with Gasteiger partial charge < -0.3 is 10.0 Å². The van der Waals surface area contributed by atoms with Crippen molar-refractivity contribution < 1.29 is 5.11 Å². The van der Waals surface area contributed by atoms with Crippen molar-refractivity contribution in [2.45, 2.75) is 38.6 Å². The summed E-state index contributed by atoms with van der Waals surface area (Å²) in [5.41, 5.74) is 1.18. The average Bonchev–Trinajstić information content (AvgIpc) is 2.62. The van der Waals surface area contributed by atoms with Crippen LogP contribution in [0.25, 0.3) is 0 Å². The van der Waals surface area contributed by atoms with E-state index in [9.17, 15) is 5.11 Å². The van der Waals surface area contributed by atoms with Crippen molar-refractivity contribution in [1.82, 2.24) is 9.97 Å². The molecule has 1 atom stereocenters. The summed E-state index contributed by atoms with van der Waals surface area (Å²) in [4.78, 5) is 10.7. The van der Waals surface area contributed by atoms with Crippen molar-refractivity contribution in [3.05, 3.63) is 17.5 Å². The van der Waals surface area contributed by atoms with Gasteiger partial charge in [0.2, 0.25) is 5.95 Å². The lowest BCUT2D eigenvalue weighted by molar-refractivity contribution is 0.254. The maximum absolute atomic E-state index is 9.48. The third kappa shape index (κ3) is 2.77. The van der Waals surface area contributed by atoms with Gasteiger partial charge in [-0.05, 0) is 25.8 Å². The SMILES string of the molecule is Cc1cc(C#N)nc(N2CCCCCC2CO)n1. The molecule has 1 fully saturated rings. The van der Waals surface area contributed by atoms with Crippen LogP contribution < -0.4 is 4.90 Å². The van der Waals surface area contributed by atoms with Crippen molar-refractivity contribution in [3.8, 4) is 6.07 Å². The molecule has 0 amide bonds. The van der Waals surface area contributed by atoms with Gasteiger partial charge in [-0.25, -0.2) is 9.97 Å². The number of anilines is 1. The first-order valence-corrected chi connectivity index (χ1v) is 6.38. The van der Waals surface area contributed by atoms with E-state index in [4.69, 9.17) is 5.26 Å². The normalized spacial score (nSPS) is 20.3. The number of hydrogen-bond donors (Lipinski definition) is 1. The third-order valence-electron chi connectivity index (χ3n) is 3.30. The van der Waals surface area contributed by atoms with Crippen LogP contribution in [0.3, 0.4) is 0 Å². The molecule has 1 aliphatic rings. The summed E-state index contributed by atoms with van der Waals surface area (Å²) in [5.74, 6) is 0.576. The molecule has 1 aromatic rings. The Bertz CT molecular complexity index is 455. The fourth-order valence-corrected chi connectivity index (χ4v) is 2.37. The maximum Gasteiger partial charge on any atom is 0.227 e. The Morgan fingerprint density at radius 1 is 1.44 bits per heavy atom. The summed E-state index contributed by atoms with van der Waals surface area (Å²) in [7, 11) is 0. The molecular weight excluding hydrogens is 228 g/mol. The number of aromatic nitrogens is 2. The molecule has 18 heavy (non-hydrogen) atoms. The molecule has 0 aliphatic carbocycles. The van der Waals surface area contributed by atoms with Crippen LogP contribution >= 0.6 is 0 Å². The molecule has 0 bridgehead atoms. The maximum atomic E-state index is 9.48. The van der Waals surface area contributed by atoms with E-state index in [-0.39, 0.29) is 12.6 Å². The quantitative estimate of drug-likeness (QED) is 0.853. The van der Waals surface area contributed by atoms with Gasteiger partial charge in [0, 0.05) is 12.2 Å². The van der Waals surface area contributed by atoms with Gasteiger partial charge in [-0.3, -0.25) is 0 Å². The zero-order valence-corrected chi connectivity index (χ0v) is 10.6. The van der Waals surface area contributed by atoms with Gasteiger partial charge >= 0.3 is 0 Å². The highest BCUT2D eigenvalue weighted by atomic mass is 16.3. The minimum Gasteiger partial charge on any atom is -0.394 e. The number of aliphatic hydroxyl groups is 1. The van der Waals surface area contributed by atoms with E-state index in [0.717, 1.165) is 31.5 Å². The molecule has 0 spiro atoms. The third-order valence-corrected chi connectivity index (χ3v) is 3.30. The van der Waals surface area contributed by atoms with Crippen molar-refractivity contribution in [2.24, 2.45) is 0 Å². The highest BCUT2D eigenvalue weighted by molar-refractivity contribution is 5.37. The lowest BCUT2D eigenvalue weighted by Crippen LogP contribution is -2.39. The second kappa shape index (κ2) is 5.78. The number of hydrogen-bond acceptors (Lipinski definition) is 5. The molecule has 0 saturated carbocycles. The minimum atomic E-state index is 0.0702. The first-order chi connectivity index (χ1) is 8.74. The minimum absolute atomic E-state index is 0.0702. The van der Waals surface area contributed by atoms with Crippen LogP contribution in [0.2, 0.25) is 0 Å². The highest BCUT2D eigenvalue weighted by Gasteiger charge is 2.23. The Morgan fingerprint density at radius 2 is 2.28 bits per heavy atom. The highest BCUT2D eigenvalue weighted by Crippen LogP contribution is 2.21. The first-order valence-electron chi connectivity index (χ1n) is 6.38. The average molecular weight is 246 g/mol. The topological polar surface area (TPSA) is 73.0 Å². The number of aryl methyl sites for hydroxylation is 1. The van der Waals surface area contributed by atoms with Crippen LogP contribution in [0.4, 0.5) is 5.95 Å². The molecule has 1 aromatic heterocycles. The zero-order valence-electron chi connectivity index (χ0n) is 10.6. The van der Waals surface area contributed by atoms with E-state index in [2.05, 4.69) is 16.0 Å². The van der Waals surface area contributed by atoms with Crippen LogP contribution in [-0.4, -0.2) is 34.3 Å². The lowest BCUT2D eigenvalue weighted by atomic mass is 10.1. The fraction of sp³-hybridized carbons (Fsp3) is 0.615. The summed E-state index contributed by atoms with van der Waals surface area (Å²) >= 11 is 0. The van der Waals surface area contributed by atoms with Crippen molar-refractivity contribution in [2.75, 3.05) is 18.1 Å². The van der Waals surface area contributed by atoms with Crippen LogP contribution in [0.15, 0.2) is 6.07 Å². The second-order valence-electron chi connectivity index (χ2n) is 4.69. The lowest BCUT2D eigenvalue weighted by Gasteiger charge is -2.28. The molecule has 0 aromatic carbocycles. The van der Waals surface area contributed by atoms with E-state index in [0.29, 0.717) is 11.6 Å². The Labute approximate surface area is 107 Å². The van der Waals surface area contributed by atoms with Crippen molar-refractivity contribution in [1.29, 1.82) is 5.26 Å². The second-order valence-corrected chi connectivity index (χ2v) is 4.69. The molecule has 1 N–H and O–H groups in total. The number of nitrogens with zero attached hydrogens (tertiary/aromatic N) is 4. The van der Waals surface area contributed by atoms with Gasteiger partial charge in [0.25, 0.3) is 0 Å². The molecule has 0 radical (unpaired) electrons. The molecule has 2 heterocycles. The largest absolute Gasteiger partial charge is 0.394 e. The van der Waals surface area contributed by atoms with Crippen molar-refractivity contribution >= 4 is 5.95 Å². The number of rotatable bonds is 2. The summed E-state index contributed by atoms with van der Waals surface area (Å²) in [6, 6.07) is 3.80. The van der Waals surface area contributed by atoms with Gasteiger partial charge in [0.1, 0.15) is 11.8 Å². The summed E-state index contributed by atoms with van der Waals surface area (Å²) < 4.78 is 0. The molecule has 2 rings (SSSR count). The van der Waals surface area contributed by atoms with Gasteiger partial charge in [-0.2, -0.15) is 5.26 Å². The predicted molar refractivity (Wildman–Crippen MR) is 68.2 cm³/mol. The van der Waals surface area contributed by atoms with Gasteiger partial charge in [-0.1, -0.05) is 12.8 Å². The van der Waals surface area contributed by atoms with Gasteiger partial charge in [0.15, 0.2) is 0 Å². The molecule has 1 unspecified atom stereocenters. The monoisotopic (exact) mass is 246 g/mol. The summed E-state index contributed by atoms with van der Waals surface area (Å²) in [6.07, 6.45) is 4.33. The van der Waals surface area contributed by atoms with E-state index >= 15 is 0 Å². The van der Waals surface area contributed by atoms with E-state index in [1.54, 1.807) is 6.07 Å². The molecular formula is C13H18N4O. The zero-order chi connectivity index (χ0) is 13.0. The molecule has 1 saturated heterocycles. The van der Waals surface area contributed by atoms with E-state index in [1.807, 2.05) is 11.8 Å². The van der Waals surface area contributed by atoms with Gasteiger partial charge in [0.05, 0.1) is 12.6 Å². The Kier molecular flexibility index (Phi) is 4.11. The smallest absolute Gasteiger partial charge is 0.227 e. The molecule has 5 nitrogen and oxygen atoms in total. The Balaban J connectivity index is 2.32. The van der Waals surface area contributed by atoms with Crippen LogP contribution in [-0.2, 0) is 0 Å². The fourth-order valence-electron chi connectivity index (χ4n) is 2.37. The summed E-state index contributed by atoms with van der Waals surface area (Å²) in [5, 5.41) is 18.4. The van der Waals surface area contributed by atoms with Crippen LogP contribution in [0, 0.1) is 18.3 Å². The van der Waals surface area contributed by atoms with Crippen LogP contribution in [0.5, 0.6) is 0 Å². The molecule has 1 aliphatic heterocycles. The number of nitriles is 1. The van der Waals surface area contributed by atoms with E-state index in [1.165, 1.54) is 6.42 Å². The van der Waals surface area contributed by atoms with Crippen molar-refractivity contribution in [3.63, 3.8) is 0 Å². The standard InChI is InChI=1S/C13H18N4O/c1-10-7-11(8-14)16-13(15-10)17-6-4-2-3-5-12(17)9-18/h7,12,18H,2-6,9H2,1H3. The first kappa shape index (κ1) is 12.8. The Morgan fingerprint density at radius 3 is 3.00 bits per heavy atom. The van der Waals surface area contributed by atoms with E-state index < -0.39 is 0 Å². The predicted octanol–water partition coefficient (Wildman–Crippen LogP) is 1.40. The Hall–Kier alpha value is -1.67. The molecule has 96 valence electrons. The number of aliphatic hydroxyl groups excluding tert-OH is 1.